The Morgan fingerprint density at radius 1 is 1.09 bits per heavy atom. The molecular formula is C16H14Cl2N2O3. The molecule has 7 heteroatoms. The van der Waals surface area contributed by atoms with E-state index in [2.05, 4.69) is 5.32 Å². The Kier molecular flexibility index (Phi) is 5.96. The fraction of sp³-hybridized carbons (Fsp3) is 0.188. The van der Waals surface area contributed by atoms with Gasteiger partial charge < -0.3 is 5.32 Å². The summed E-state index contributed by atoms with van der Waals surface area (Å²) in [6.45, 7) is 0.350. The third kappa shape index (κ3) is 4.68. The van der Waals surface area contributed by atoms with Crippen molar-refractivity contribution in [1.82, 2.24) is 5.32 Å². The number of nitro groups is 1. The highest BCUT2D eigenvalue weighted by molar-refractivity contribution is 6.35. The zero-order valence-electron chi connectivity index (χ0n) is 12.1. The Balaban J connectivity index is 1.93. The maximum absolute atomic E-state index is 11.9. The fourth-order valence-corrected chi connectivity index (χ4v) is 2.76. The lowest BCUT2D eigenvalue weighted by Crippen LogP contribution is -2.27. The first-order valence-corrected chi connectivity index (χ1v) is 7.66. The lowest BCUT2D eigenvalue weighted by Gasteiger charge is -2.08. The van der Waals surface area contributed by atoms with Crippen molar-refractivity contribution in [2.45, 2.75) is 12.8 Å². The van der Waals surface area contributed by atoms with Gasteiger partial charge in [0, 0.05) is 28.2 Å². The number of nitrogens with zero attached hydrogens (tertiary/aromatic N) is 1. The third-order valence-corrected chi connectivity index (χ3v) is 4.01. The molecule has 0 atom stereocenters. The molecule has 5 nitrogen and oxygen atoms in total. The Labute approximate surface area is 143 Å². The molecule has 1 N–H and O–H groups in total. The van der Waals surface area contributed by atoms with Crippen LogP contribution < -0.4 is 5.32 Å². The maximum Gasteiger partial charge on any atom is 0.273 e. The Bertz CT molecular complexity index is 715. The maximum atomic E-state index is 11.9. The van der Waals surface area contributed by atoms with Crippen molar-refractivity contribution in [1.29, 1.82) is 0 Å². The van der Waals surface area contributed by atoms with E-state index in [4.69, 9.17) is 23.2 Å². The van der Waals surface area contributed by atoms with E-state index < -0.39 is 4.92 Å². The number of carbonyl (C=O) groups is 1. The predicted octanol–water partition coefficient (Wildman–Crippen LogP) is 3.80. The van der Waals surface area contributed by atoms with Gasteiger partial charge in [0.15, 0.2) is 0 Å². The normalized spacial score (nSPS) is 10.3. The molecule has 0 aliphatic carbocycles. The molecule has 2 aromatic rings. The van der Waals surface area contributed by atoms with Gasteiger partial charge in [-0.05, 0) is 24.1 Å². The molecular weight excluding hydrogens is 339 g/mol. The van der Waals surface area contributed by atoms with Gasteiger partial charge in [-0.3, -0.25) is 14.9 Å². The van der Waals surface area contributed by atoms with Gasteiger partial charge in [-0.25, -0.2) is 0 Å². The number of hydrogen-bond acceptors (Lipinski definition) is 3. The molecule has 23 heavy (non-hydrogen) atoms. The number of carbonyl (C=O) groups excluding carboxylic acids is 1. The first-order chi connectivity index (χ1) is 11.0. The van der Waals surface area contributed by atoms with E-state index in [1.165, 1.54) is 6.07 Å². The lowest BCUT2D eigenvalue weighted by atomic mass is 10.1. The quantitative estimate of drug-likeness (QED) is 0.634. The van der Waals surface area contributed by atoms with Crippen LogP contribution in [-0.4, -0.2) is 17.4 Å². The summed E-state index contributed by atoms with van der Waals surface area (Å²) in [4.78, 5) is 22.4. The van der Waals surface area contributed by atoms with Gasteiger partial charge in [-0.1, -0.05) is 47.5 Å². The molecule has 0 saturated heterocycles. The average molecular weight is 353 g/mol. The monoisotopic (exact) mass is 352 g/mol. The van der Waals surface area contributed by atoms with Crippen LogP contribution in [0.4, 0.5) is 5.69 Å². The molecule has 0 heterocycles. The summed E-state index contributed by atoms with van der Waals surface area (Å²) in [7, 11) is 0. The summed E-state index contributed by atoms with van der Waals surface area (Å²) in [5.74, 6) is -0.289. The van der Waals surface area contributed by atoms with Crippen molar-refractivity contribution in [2.24, 2.45) is 0 Å². The summed E-state index contributed by atoms with van der Waals surface area (Å²) in [6, 6.07) is 11.4. The molecule has 0 spiro atoms. The summed E-state index contributed by atoms with van der Waals surface area (Å²) in [5, 5.41) is 14.7. The fourth-order valence-electron chi connectivity index (χ4n) is 2.17. The zero-order chi connectivity index (χ0) is 16.8. The summed E-state index contributed by atoms with van der Waals surface area (Å²) in [5.41, 5.74) is 1.09. The SMILES string of the molecule is O=C(Cc1ccccc1[N+](=O)[O-])NCCc1c(Cl)cccc1Cl. The highest BCUT2D eigenvalue weighted by Crippen LogP contribution is 2.24. The van der Waals surface area contributed by atoms with Crippen molar-refractivity contribution in [3.05, 3.63) is 73.8 Å². The molecule has 120 valence electrons. The van der Waals surface area contributed by atoms with E-state index in [-0.39, 0.29) is 18.0 Å². The standard InChI is InChI=1S/C16H14Cl2N2O3/c17-13-5-3-6-14(18)12(13)8-9-19-16(21)10-11-4-1-2-7-15(11)20(22)23/h1-7H,8-10H2,(H,19,21). The topological polar surface area (TPSA) is 72.2 Å². The number of nitrogens with one attached hydrogen (secondary N) is 1. The van der Waals surface area contributed by atoms with E-state index in [0.29, 0.717) is 28.6 Å². The van der Waals surface area contributed by atoms with Crippen LogP contribution in [0.3, 0.4) is 0 Å². The summed E-state index contributed by atoms with van der Waals surface area (Å²) >= 11 is 12.1. The minimum Gasteiger partial charge on any atom is -0.355 e. The summed E-state index contributed by atoms with van der Waals surface area (Å²) in [6.07, 6.45) is 0.439. The van der Waals surface area contributed by atoms with E-state index in [0.717, 1.165) is 5.56 Å². The first-order valence-electron chi connectivity index (χ1n) is 6.91. The van der Waals surface area contributed by atoms with Crippen LogP contribution >= 0.6 is 23.2 Å². The number of nitro benzene ring substituents is 1. The van der Waals surface area contributed by atoms with Gasteiger partial charge in [0.1, 0.15) is 0 Å². The van der Waals surface area contributed by atoms with Gasteiger partial charge in [0.05, 0.1) is 11.3 Å². The molecule has 0 saturated carbocycles. The van der Waals surface area contributed by atoms with Crippen LogP contribution in [0.25, 0.3) is 0 Å². The second-order valence-electron chi connectivity index (χ2n) is 4.86. The average Bonchev–Trinajstić information content (AvgIpc) is 2.50. The number of amides is 1. The summed E-state index contributed by atoms with van der Waals surface area (Å²) < 4.78 is 0. The second-order valence-corrected chi connectivity index (χ2v) is 5.68. The van der Waals surface area contributed by atoms with Crippen LogP contribution in [0.15, 0.2) is 42.5 Å². The molecule has 0 aliphatic rings. The van der Waals surface area contributed by atoms with Crippen LogP contribution in [0, 0.1) is 10.1 Å². The molecule has 0 bridgehead atoms. The number of para-hydroxylation sites is 1. The molecule has 0 unspecified atom stereocenters. The third-order valence-electron chi connectivity index (χ3n) is 3.30. The highest BCUT2D eigenvalue weighted by atomic mass is 35.5. The lowest BCUT2D eigenvalue weighted by molar-refractivity contribution is -0.385. The Hall–Kier alpha value is -2.11. The van der Waals surface area contributed by atoms with Crippen molar-refractivity contribution in [3.63, 3.8) is 0 Å². The molecule has 2 aromatic carbocycles. The van der Waals surface area contributed by atoms with E-state index in [9.17, 15) is 14.9 Å². The second kappa shape index (κ2) is 7.94. The molecule has 0 aliphatic heterocycles. The van der Waals surface area contributed by atoms with Crippen LogP contribution in [0.5, 0.6) is 0 Å². The number of benzene rings is 2. The highest BCUT2D eigenvalue weighted by Gasteiger charge is 2.15. The minimum atomic E-state index is -0.494. The first kappa shape index (κ1) is 17.2. The molecule has 0 fully saturated rings. The minimum absolute atomic E-state index is 0.0482. The molecule has 1 amide bonds. The van der Waals surface area contributed by atoms with Crippen molar-refractivity contribution in [2.75, 3.05) is 6.54 Å². The van der Waals surface area contributed by atoms with Crippen molar-refractivity contribution in [3.8, 4) is 0 Å². The zero-order valence-corrected chi connectivity index (χ0v) is 13.6. The van der Waals surface area contributed by atoms with Gasteiger partial charge in [0.25, 0.3) is 5.69 Å². The molecule has 2 rings (SSSR count). The van der Waals surface area contributed by atoms with Crippen LogP contribution in [0.1, 0.15) is 11.1 Å². The van der Waals surface area contributed by atoms with Crippen molar-refractivity contribution >= 4 is 34.8 Å². The van der Waals surface area contributed by atoms with E-state index in [1.54, 1.807) is 36.4 Å². The Morgan fingerprint density at radius 3 is 2.39 bits per heavy atom. The van der Waals surface area contributed by atoms with Gasteiger partial charge in [0.2, 0.25) is 5.91 Å². The van der Waals surface area contributed by atoms with Gasteiger partial charge in [-0.15, -0.1) is 0 Å². The number of halogens is 2. The smallest absolute Gasteiger partial charge is 0.273 e. The number of hydrogen-bond donors (Lipinski definition) is 1. The predicted molar refractivity (Wildman–Crippen MR) is 90.0 cm³/mol. The van der Waals surface area contributed by atoms with E-state index in [1.807, 2.05) is 0 Å². The largest absolute Gasteiger partial charge is 0.355 e. The van der Waals surface area contributed by atoms with Gasteiger partial charge in [-0.2, -0.15) is 0 Å². The van der Waals surface area contributed by atoms with Crippen LogP contribution in [0.2, 0.25) is 10.0 Å². The van der Waals surface area contributed by atoms with Crippen LogP contribution in [-0.2, 0) is 17.6 Å². The number of rotatable bonds is 6. The van der Waals surface area contributed by atoms with Crippen molar-refractivity contribution < 1.29 is 9.72 Å². The Morgan fingerprint density at radius 2 is 1.74 bits per heavy atom. The molecule has 0 radical (unpaired) electrons. The molecule has 0 aromatic heterocycles. The van der Waals surface area contributed by atoms with E-state index >= 15 is 0 Å². The van der Waals surface area contributed by atoms with Gasteiger partial charge >= 0.3 is 0 Å².